The van der Waals surface area contributed by atoms with Gasteiger partial charge in [0.15, 0.2) is 0 Å². The molecule has 1 rings (SSSR count). The molecule has 0 amide bonds. The van der Waals surface area contributed by atoms with Crippen LogP contribution in [0, 0.1) is 0 Å². The van der Waals surface area contributed by atoms with Crippen molar-refractivity contribution in [1.82, 2.24) is 0 Å². The van der Waals surface area contributed by atoms with Crippen LogP contribution in [-0.2, 0) is 16.0 Å². The van der Waals surface area contributed by atoms with Crippen LogP contribution < -0.4 is 4.74 Å². The molecule has 0 saturated carbocycles. The minimum absolute atomic E-state index is 0.0880. The molecule has 0 fully saturated rings. The second-order valence-electron chi connectivity index (χ2n) is 3.77. The summed E-state index contributed by atoms with van der Waals surface area (Å²) in [6.07, 6.45) is -0.0880. The van der Waals surface area contributed by atoms with Gasteiger partial charge >= 0.3 is 12.6 Å². The van der Waals surface area contributed by atoms with Gasteiger partial charge in [-0.1, -0.05) is 12.1 Å². The number of hydrogen-bond acceptors (Lipinski definition) is 4. The molecule has 6 heteroatoms. The van der Waals surface area contributed by atoms with Gasteiger partial charge < -0.3 is 9.47 Å². The Morgan fingerprint density at radius 1 is 1.32 bits per heavy atom. The molecule has 0 spiro atoms. The summed E-state index contributed by atoms with van der Waals surface area (Å²) in [4.78, 5) is 22.8. The highest BCUT2D eigenvalue weighted by Gasteiger charge is 2.20. The van der Waals surface area contributed by atoms with E-state index < -0.39 is 12.6 Å². The summed E-state index contributed by atoms with van der Waals surface area (Å²) in [5.74, 6) is -1.28. The Kier molecular flexibility index (Phi) is 5.41. The van der Waals surface area contributed by atoms with Crippen LogP contribution in [0.2, 0.25) is 0 Å². The Morgan fingerprint density at radius 2 is 2.00 bits per heavy atom. The van der Waals surface area contributed by atoms with Crippen molar-refractivity contribution in [3.05, 3.63) is 29.3 Å². The van der Waals surface area contributed by atoms with Crippen molar-refractivity contribution >= 4 is 11.8 Å². The monoisotopic (exact) mass is 272 g/mol. The first kappa shape index (κ1) is 15.1. The first-order chi connectivity index (χ1) is 8.95. The van der Waals surface area contributed by atoms with Gasteiger partial charge in [-0.05, 0) is 19.9 Å². The van der Waals surface area contributed by atoms with Crippen molar-refractivity contribution in [3.8, 4) is 5.75 Å². The number of halogens is 2. The lowest BCUT2D eigenvalue weighted by atomic mass is 10.0. The highest BCUT2D eigenvalue weighted by molar-refractivity contribution is 5.93. The molecule has 0 saturated heterocycles. The summed E-state index contributed by atoms with van der Waals surface area (Å²) in [7, 11) is 0. The number of hydrogen-bond donors (Lipinski definition) is 0. The lowest BCUT2D eigenvalue weighted by Gasteiger charge is -2.13. The van der Waals surface area contributed by atoms with Crippen molar-refractivity contribution < 1.29 is 27.8 Å². The Morgan fingerprint density at radius 3 is 2.53 bits per heavy atom. The molecule has 0 heterocycles. The van der Waals surface area contributed by atoms with Crippen LogP contribution in [0.5, 0.6) is 5.75 Å². The van der Waals surface area contributed by atoms with Crippen LogP contribution in [0.15, 0.2) is 18.2 Å². The van der Waals surface area contributed by atoms with Crippen LogP contribution in [0.25, 0.3) is 0 Å². The first-order valence-electron chi connectivity index (χ1n) is 5.69. The predicted molar refractivity (Wildman–Crippen MR) is 63.4 cm³/mol. The van der Waals surface area contributed by atoms with E-state index in [1.165, 1.54) is 25.1 Å². The van der Waals surface area contributed by atoms with E-state index in [2.05, 4.69) is 4.74 Å². The van der Waals surface area contributed by atoms with E-state index in [-0.39, 0.29) is 35.7 Å². The Labute approximate surface area is 109 Å². The molecule has 1 aromatic rings. The topological polar surface area (TPSA) is 52.6 Å². The van der Waals surface area contributed by atoms with Crippen molar-refractivity contribution in [2.24, 2.45) is 0 Å². The van der Waals surface area contributed by atoms with Crippen molar-refractivity contribution in [2.45, 2.75) is 26.9 Å². The molecule has 0 unspecified atom stereocenters. The predicted octanol–water partition coefficient (Wildman–Crippen LogP) is 2.60. The number of Topliss-reactive ketones (excluding diaryl/α,β-unsaturated/α-hetero) is 1. The molecular formula is C13H14F2O4. The molecule has 0 atom stereocenters. The van der Waals surface area contributed by atoms with Crippen molar-refractivity contribution in [1.29, 1.82) is 0 Å². The Hall–Kier alpha value is -1.98. The fraction of sp³-hybridized carbons (Fsp3) is 0.385. The van der Waals surface area contributed by atoms with E-state index in [0.717, 1.165) is 0 Å². The van der Waals surface area contributed by atoms with Crippen LogP contribution >= 0.6 is 0 Å². The second-order valence-corrected chi connectivity index (χ2v) is 3.77. The Balaban J connectivity index is 3.21. The number of rotatable bonds is 6. The molecule has 0 aliphatic rings. The number of ether oxygens (including phenoxy) is 2. The lowest BCUT2D eigenvalue weighted by Crippen LogP contribution is -2.13. The van der Waals surface area contributed by atoms with Gasteiger partial charge in [0.25, 0.3) is 0 Å². The number of carbonyl (C=O) groups excluding carboxylic acids is 2. The molecule has 0 aliphatic heterocycles. The average Bonchev–Trinajstić information content (AvgIpc) is 2.30. The van der Waals surface area contributed by atoms with E-state index in [0.29, 0.717) is 0 Å². The van der Waals surface area contributed by atoms with Gasteiger partial charge in [-0.2, -0.15) is 8.78 Å². The maximum absolute atomic E-state index is 12.4. The van der Waals surface area contributed by atoms with E-state index in [1.807, 2.05) is 0 Å². The summed E-state index contributed by atoms with van der Waals surface area (Å²) < 4.78 is 33.9. The zero-order chi connectivity index (χ0) is 14.4. The van der Waals surface area contributed by atoms with Crippen LogP contribution in [0.3, 0.4) is 0 Å². The van der Waals surface area contributed by atoms with E-state index in [9.17, 15) is 18.4 Å². The zero-order valence-corrected chi connectivity index (χ0v) is 10.6. The van der Waals surface area contributed by atoms with Gasteiger partial charge in [-0.15, -0.1) is 0 Å². The Bertz CT molecular complexity index is 472. The molecule has 0 aliphatic carbocycles. The number of para-hydroxylation sites is 1. The molecule has 0 N–H and O–H groups in total. The maximum atomic E-state index is 12.4. The minimum atomic E-state index is -3.08. The minimum Gasteiger partial charge on any atom is -0.462 e. The molecule has 1 aromatic carbocycles. The van der Waals surface area contributed by atoms with E-state index in [4.69, 9.17) is 4.74 Å². The number of esters is 1. The smallest absolute Gasteiger partial charge is 0.387 e. The van der Waals surface area contributed by atoms with Crippen molar-refractivity contribution in [3.63, 3.8) is 0 Å². The fourth-order valence-corrected chi connectivity index (χ4v) is 1.59. The summed E-state index contributed by atoms with van der Waals surface area (Å²) in [6.45, 7) is -0.0424. The number of ketones is 1. The van der Waals surface area contributed by atoms with E-state index >= 15 is 0 Å². The first-order valence-corrected chi connectivity index (χ1v) is 5.69. The third-order valence-corrected chi connectivity index (χ3v) is 2.24. The molecule has 0 aromatic heterocycles. The molecule has 19 heavy (non-hydrogen) atoms. The van der Waals surface area contributed by atoms with Gasteiger partial charge in [-0.3, -0.25) is 4.79 Å². The second kappa shape index (κ2) is 6.82. The normalized spacial score (nSPS) is 10.4. The fourth-order valence-electron chi connectivity index (χ4n) is 1.59. The third kappa shape index (κ3) is 4.31. The number of benzene rings is 1. The highest BCUT2D eigenvalue weighted by Crippen LogP contribution is 2.27. The number of alkyl halides is 2. The number of carbonyl (C=O) groups is 2. The average molecular weight is 272 g/mol. The molecule has 0 radical (unpaired) electrons. The van der Waals surface area contributed by atoms with Crippen LogP contribution in [0.1, 0.15) is 29.8 Å². The highest BCUT2D eigenvalue weighted by atomic mass is 19.3. The standard InChI is InChI=1S/C13H14F2O4/c1-3-18-12(17)10-6-4-5-9(7-8(2)16)11(10)19-13(14)15/h4-6,13H,3,7H2,1-2H3. The van der Waals surface area contributed by atoms with Gasteiger partial charge in [0.05, 0.1) is 6.61 Å². The largest absolute Gasteiger partial charge is 0.462 e. The third-order valence-electron chi connectivity index (χ3n) is 2.24. The molecule has 104 valence electrons. The molecule has 0 bridgehead atoms. The molecule has 4 nitrogen and oxygen atoms in total. The zero-order valence-electron chi connectivity index (χ0n) is 10.6. The van der Waals surface area contributed by atoms with Crippen molar-refractivity contribution in [2.75, 3.05) is 6.61 Å². The molecular weight excluding hydrogens is 258 g/mol. The summed E-state index contributed by atoms with van der Waals surface area (Å²) >= 11 is 0. The van der Waals surface area contributed by atoms with Gasteiger partial charge in [0.1, 0.15) is 17.1 Å². The lowest BCUT2D eigenvalue weighted by molar-refractivity contribution is -0.116. The van der Waals surface area contributed by atoms with Gasteiger partial charge in [0, 0.05) is 12.0 Å². The summed E-state index contributed by atoms with van der Waals surface area (Å²) in [6, 6.07) is 4.27. The van der Waals surface area contributed by atoms with Gasteiger partial charge in [0.2, 0.25) is 0 Å². The quantitative estimate of drug-likeness (QED) is 0.747. The van der Waals surface area contributed by atoms with E-state index in [1.54, 1.807) is 6.92 Å². The summed E-state index contributed by atoms with van der Waals surface area (Å²) in [5.41, 5.74) is 0.124. The van der Waals surface area contributed by atoms with Crippen LogP contribution in [-0.4, -0.2) is 25.0 Å². The SMILES string of the molecule is CCOC(=O)c1cccc(CC(C)=O)c1OC(F)F. The van der Waals surface area contributed by atoms with Crippen LogP contribution in [0.4, 0.5) is 8.78 Å². The maximum Gasteiger partial charge on any atom is 0.387 e. The summed E-state index contributed by atoms with van der Waals surface area (Å²) in [5, 5.41) is 0. The van der Waals surface area contributed by atoms with Gasteiger partial charge in [-0.25, -0.2) is 4.79 Å².